The van der Waals surface area contributed by atoms with Crippen molar-refractivity contribution in [1.82, 2.24) is 24.9 Å². The second kappa shape index (κ2) is 9.84. The van der Waals surface area contributed by atoms with Crippen molar-refractivity contribution in [2.75, 3.05) is 24.2 Å². The predicted molar refractivity (Wildman–Crippen MR) is 121 cm³/mol. The molecule has 1 aliphatic rings. The molecule has 0 aromatic carbocycles. The zero-order valence-electron chi connectivity index (χ0n) is 19.1. The first kappa shape index (κ1) is 23.7. The van der Waals surface area contributed by atoms with Crippen molar-refractivity contribution in [2.45, 2.75) is 44.2 Å². The Morgan fingerprint density at radius 2 is 1.76 bits per heavy atom. The van der Waals surface area contributed by atoms with Gasteiger partial charge in [-0.15, -0.1) is 0 Å². The van der Waals surface area contributed by atoms with Gasteiger partial charge in [0.15, 0.2) is 20.6 Å². The van der Waals surface area contributed by atoms with Gasteiger partial charge in [0.05, 0.1) is 5.69 Å². The molecule has 10 nitrogen and oxygen atoms in total. The van der Waals surface area contributed by atoms with E-state index in [2.05, 4.69) is 36.7 Å². The van der Waals surface area contributed by atoms with E-state index >= 15 is 4.39 Å². The minimum Gasteiger partial charge on any atom is -0.472 e. The number of anilines is 1. The number of halogens is 1. The summed E-state index contributed by atoms with van der Waals surface area (Å²) in [5.74, 6) is -0.520. The SMILES string of the molecule is CCc1cnc(N2CCC(Oc3ncnc(Oc4ccc(S(C)(=O)=O)nc4C)c3F)CC2)nc1. The van der Waals surface area contributed by atoms with Crippen molar-refractivity contribution in [1.29, 1.82) is 0 Å². The smallest absolute Gasteiger partial charge is 0.263 e. The molecule has 0 aliphatic carbocycles. The van der Waals surface area contributed by atoms with E-state index in [0.29, 0.717) is 31.9 Å². The maximum Gasteiger partial charge on any atom is 0.263 e. The molecule has 34 heavy (non-hydrogen) atoms. The van der Waals surface area contributed by atoms with Gasteiger partial charge in [0.25, 0.3) is 11.8 Å². The Labute approximate surface area is 197 Å². The standard InChI is InChI=1S/C22H25FN6O4S/c1-4-15-11-24-22(25-12-15)29-9-7-16(8-10-29)32-20-19(23)21(27-13-26-20)33-17-5-6-18(28-14(17)2)34(3,30)31/h5-6,11-13,16H,4,7-10H2,1-3H3. The van der Waals surface area contributed by atoms with Gasteiger partial charge in [0, 0.05) is 44.6 Å². The number of aryl methyl sites for hydroxylation is 2. The minimum atomic E-state index is -3.47. The van der Waals surface area contributed by atoms with Gasteiger partial charge < -0.3 is 14.4 Å². The second-order valence-corrected chi connectivity index (χ2v) is 9.92. The van der Waals surface area contributed by atoms with Crippen LogP contribution in [-0.4, -0.2) is 58.8 Å². The molecule has 3 aromatic heterocycles. The minimum absolute atomic E-state index is 0.0948. The Morgan fingerprint density at radius 3 is 2.38 bits per heavy atom. The quantitative estimate of drug-likeness (QED) is 0.491. The summed E-state index contributed by atoms with van der Waals surface area (Å²) in [7, 11) is -3.47. The summed E-state index contributed by atoms with van der Waals surface area (Å²) in [5.41, 5.74) is 1.36. The van der Waals surface area contributed by atoms with Crippen LogP contribution in [0.15, 0.2) is 35.9 Å². The van der Waals surface area contributed by atoms with E-state index in [1.54, 1.807) is 6.92 Å². The molecule has 0 amide bonds. The number of hydrogen-bond donors (Lipinski definition) is 0. The van der Waals surface area contributed by atoms with Gasteiger partial charge >= 0.3 is 0 Å². The summed E-state index contributed by atoms with van der Waals surface area (Å²) in [6, 6.07) is 2.70. The van der Waals surface area contributed by atoms with Crippen molar-refractivity contribution < 1.29 is 22.3 Å². The Bertz CT molecular complexity index is 1260. The molecule has 0 spiro atoms. The highest BCUT2D eigenvalue weighted by Gasteiger charge is 2.25. The summed E-state index contributed by atoms with van der Waals surface area (Å²) in [5, 5.41) is -0.0948. The molecule has 1 saturated heterocycles. The van der Waals surface area contributed by atoms with Crippen molar-refractivity contribution in [3.8, 4) is 17.5 Å². The van der Waals surface area contributed by atoms with Crippen LogP contribution in [0.2, 0.25) is 0 Å². The summed E-state index contributed by atoms with van der Waals surface area (Å²) < 4.78 is 49.7. The number of nitrogens with zero attached hydrogens (tertiary/aromatic N) is 6. The zero-order valence-corrected chi connectivity index (χ0v) is 19.9. The molecular weight excluding hydrogens is 463 g/mol. The molecule has 1 fully saturated rings. The molecule has 0 N–H and O–H groups in total. The first-order valence-corrected chi connectivity index (χ1v) is 12.7. The van der Waals surface area contributed by atoms with E-state index in [-0.39, 0.29) is 34.3 Å². The predicted octanol–water partition coefficient (Wildman–Crippen LogP) is 2.92. The molecule has 0 bridgehead atoms. The normalized spacial score (nSPS) is 14.8. The van der Waals surface area contributed by atoms with Crippen molar-refractivity contribution in [3.63, 3.8) is 0 Å². The number of rotatable bonds is 7. The fraction of sp³-hybridized carbons (Fsp3) is 0.409. The Balaban J connectivity index is 1.41. The van der Waals surface area contributed by atoms with Crippen LogP contribution in [0.1, 0.15) is 31.0 Å². The third kappa shape index (κ3) is 5.38. The molecule has 0 atom stereocenters. The Hall–Kier alpha value is -3.41. The number of ether oxygens (including phenoxy) is 2. The van der Waals surface area contributed by atoms with Gasteiger partial charge in [-0.1, -0.05) is 6.92 Å². The fourth-order valence-electron chi connectivity index (χ4n) is 3.46. The highest BCUT2D eigenvalue weighted by Crippen LogP contribution is 2.30. The number of hydrogen-bond acceptors (Lipinski definition) is 10. The molecule has 0 unspecified atom stereocenters. The van der Waals surface area contributed by atoms with Gasteiger partial charge in [-0.3, -0.25) is 0 Å². The lowest BCUT2D eigenvalue weighted by atomic mass is 10.1. The summed E-state index contributed by atoms with van der Waals surface area (Å²) >= 11 is 0. The van der Waals surface area contributed by atoms with Crippen LogP contribution < -0.4 is 14.4 Å². The molecular formula is C22H25FN6O4S. The van der Waals surface area contributed by atoms with Crippen LogP contribution in [0.25, 0.3) is 0 Å². The van der Waals surface area contributed by atoms with E-state index in [4.69, 9.17) is 9.47 Å². The number of aromatic nitrogens is 5. The lowest BCUT2D eigenvalue weighted by Gasteiger charge is -2.31. The molecule has 4 heterocycles. The molecule has 1 aliphatic heterocycles. The molecule has 0 saturated carbocycles. The average Bonchev–Trinajstić information content (AvgIpc) is 2.82. The summed E-state index contributed by atoms with van der Waals surface area (Å²) in [6.45, 7) is 4.96. The van der Waals surface area contributed by atoms with Crippen LogP contribution in [0, 0.1) is 12.7 Å². The molecule has 180 valence electrons. The maximum atomic E-state index is 15.0. The van der Waals surface area contributed by atoms with Crippen LogP contribution in [0.3, 0.4) is 0 Å². The number of sulfone groups is 1. The first-order valence-electron chi connectivity index (χ1n) is 10.8. The first-order chi connectivity index (χ1) is 16.2. The topological polar surface area (TPSA) is 120 Å². The summed E-state index contributed by atoms with van der Waals surface area (Å²) in [6.07, 6.45) is 7.81. The highest BCUT2D eigenvalue weighted by atomic mass is 32.2. The fourth-order valence-corrected chi connectivity index (χ4v) is 4.08. The third-order valence-corrected chi connectivity index (χ3v) is 6.41. The highest BCUT2D eigenvalue weighted by molar-refractivity contribution is 7.90. The monoisotopic (exact) mass is 488 g/mol. The Kier molecular flexibility index (Phi) is 6.87. The van der Waals surface area contributed by atoms with Crippen molar-refractivity contribution >= 4 is 15.8 Å². The van der Waals surface area contributed by atoms with Gasteiger partial charge in [0.1, 0.15) is 12.4 Å². The lowest BCUT2D eigenvalue weighted by molar-refractivity contribution is 0.154. The van der Waals surface area contributed by atoms with Crippen molar-refractivity contribution in [3.05, 3.63) is 47.9 Å². The van der Waals surface area contributed by atoms with E-state index in [1.165, 1.54) is 12.1 Å². The zero-order chi connectivity index (χ0) is 24.3. The van der Waals surface area contributed by atoms with E-state index in [0.717, 1.165) is 24.6 Å². The third-order valence-electron chi connectivity index (χ3n) is 5.43. The molecule has 4 rings (SSSR count). The van der Waals surface area contributed by atoms with Gasteiger partial charge in [0.2, 0.25) is 11.8 Å². The Morgan fingerprint density at radius 1 is 1.09 bits per heavy atom. The van der Waals surface area contributed by atoms with E-state index < -0.39 is 15.7 Å². The second-order valence-electron chi connectivity index (χ2n) is 7.95. The summed E-state index contributed by atoms with van der Waals surface area (Å²) in [4.78, 5) is 22.7. The number of pyridine rings is 1. The van der Waals surface area contributed by atoms with Crippen LogP contribution >= 0.6 is 0 Å². The van der Waals surface area contributed by atoms with E-state index in [1.807, 2.05) is 12.4 Å². The average molecular weight is 489 g/mol. The van der Waals surface area contributed by atoms with Crippen molar-refractivity contribution in [2.24, 2.45) is 0 Å². The maximum absolute atomic E-state index is 15.0. The van der Waals surface area contributed by atoms with Crippen LogP contribution in [0.5, 0.6) is 17.5 Å². The van der Waals surface area contributed by atoms with Crippen LogP contribution in [0.4, 0.5) is 10.3 Å². The van der Waals surface area contributed by atoms with Crippen LogP contribution in [-0.2, 0) is 16.3 Å². The van der Waals surface area contributed by atoms with E-state index in [9.17, 15) is 8.42 Å². The lowest BCUT2D eigenvalue weighted by Crippen LogP contribution is -2.39. The number of piperidine rings is 1. The largest absolute Gasteiger partial charge is 0.472 e. The van der Waals surface area contributed by atoms with Gasteiger partial charge in [-0.25, -0.2) is 23.4 Å². The molecule has 3 aromatic rings. The molecule has 12 heteroatoms. The van der Waals surface area contributed by atoms with Gasteiger partial charge in [-0.05, 0) is 31.0 Å². The molecule has 0 radical (unpaired) electrons. The van der Waals surface area contributed by atoms with Gasteiger partial charge in [-0.2, -0.15) is 14.4 Å².